The fourth-order valence-corrected chi connectivity index (χ4v) is 1.63. The van der Waals surface area contributed by atoms with Gasteiger partial charge in [-0.1, -0.05) is 6.07 Å². The van der Waals surface area contributed by atoms with Gasteiger partial charge in [0.1, 0.15) is 11.9 Å². The van der Waals surface area contributed by atoms with Crippen LogP contribution in [0.2, 0.25) is 0 Å². The van der Waals surface area contributed by atoms with Crippen molar-refractivity contribution < 1.29 is 27.1 Å². The van der Waals surface area contributed by atoms with Gasteiger partial charge in [-0.25, -0.2) is 4.39 Å². The maximum Gasteiger partial charge on any atom is 0.419 e. The maximum absolute atomic E-state index is 13.2. The molecule has 20 heavy (non-hydrogen) atoms. The molecule has 1 amide bonds. The lowest BCUT2D eigenvalue weighted by Gasteiger charge is -2.17. The summed E-state index contributed by atoms with van der Waals surface area (Å²) in [5.41, 5.74) is 3.64. The number of carbonyl (C=O) groups excluding carboxylic acids is 1. The second-order valence-corrected chi connectivity index (χ2v) is 4.02. The van der Waals surface area contributed by atoms with Gasteiger partial charge in [0, 0.05) is 13.7 Å². The molecule has 1 rings (SSSR count). The molecule has 0 aromatic heterocycles. The Morgan fingerprint density at radius 3 is 2.60 bits per heavy atom. The number of benzene rings is 1. The summed E-state index contributed by atoms with van der Waals surface area (Å²) in [4.78, 5) is 11.3. The van der Waals surface area contributed by atoms with E-state index in [0.717, 1.165) is 6.07 Å². The molecule has 0 radical (unpaired) electrons. The van der Waals surface area contributed by atoms with E-state index in [1.807, 2.05) is 0 Å². The molecule has 1 atom stereocenters. The highest BCUT2D eigenvalue weighted by molar-refractivity contribution is 5.81. The van der Waals surface area contributed by atoms with Crippen LogP contribution in [0, 0.1) is 5.82 Å². The fourth-order valence-electron chi connectivity index (χ4n) is 1.63. The molecule has 0 bridgehead atoms. The first kappa shape index (κ1) is 16.4. The molecule has 0 saturated heterocycles. The van der Waals surface area contributed by atoms with Crippen LogP contribution in [0.15, 0.2) is 18.2 Å². The van der Waals surface area contributed by atoms with Crippen molar-refractivity contribution in [2.45, 2.75) is 12.2 Å². The zero-order valence-electron chi connectivity index (χ0n) is 10.6. The second-order valence-electron chi connectivity index (χ2n) is 4.02. The zero-order valence-corrected chi connectivity index (χ0v) is 10.6. The third-order valence-corrected chi connectivity index (χ3v) is 2.57. The number of primary amides is 1. The zero-order chi connectivity index (χ0) is 15.3. The molecule has 0 saturated carbocycles. The minimum atomic E-state index is -4.84. The van der Waals surface area contributed by atoms with Gasteiger partial charge < -0.3 is 10.5 Å². The Labute approximate surface area is 112 Å². The highest BCUT2D eigenvalue weighted by atomic mass is 19.4. The topological polar surface area (TPSA) is 64.3 Å². The molecule has 112 valence electrons. The standard InChI is InChI=1S/C12H14F4N2O2/c1-20-5-4-18-10(11(17)19)7-2-3-9(13)8(6-7)12(14,15)16/h2-3,6,10,18H,4-5H2,1H3,(H2,17,19). The molecule has 0 aliphatic carbocycles. The summed E-state index contributed by atoms with van der Waals surface area (Å²) < 4.78 is 55.7. The Morgan fingerprint density at radius 2 is 2.10 bits per heavy atom. The number of rotatable bonds is 6. The molecule has 0 aliphatic rings. The second kappa shape index (κ2) is 6.67. The summed E-state index contributed by atoms with van der Waals surface area (Å²) >= 11 is 0. The predicted octanol–water partition coefficient (Wildman–Crippen LogP) is 1.61. The highest BCUT2D eigenvalue weighted by Crippen LogP contribution is 2.32. The average Bonchev–Trinajstić information content (AvgIpc) is 2.34. The smallest absolute Gasteiger partial charge is 0.383 e. The first-order valence-corrected chi connectivity index (χ1v) is 5.65. The number of hydrogen-bond acceptors (Lipinski definition) is 3. The van der Waals surface area contributed by atoms with Gasteiger partial charge in [0.15, 0.2) is 0 Å². The Balaban J connectivity index is 3.06. The van der Waals surface area contributed by atoms with E-state index in [1.165, 1.54) is 7.11 Å². The SMILES string of the molecule is COCCNC(C(N)=O)c1ccc(F)c(C(F)(F)F)c1. The lowest BCUT2D eigenvalue weighted by Crippen LogP contribution is -2.35. The largest absolute Gasteiger partial charge is 0.419 e. The van der Waals surface area contributed by atoms with Crippen molar-refractivity contribution in [3.05, 3.63) is 35.1 Å². The minimum absolute atomic E-state index is 0.0534. The van der Waals surface area contributed by atoms with E-state index in [0.29, 0.717) is 12.1 Å². The van der Waals surface area contributed by atoms with Crippen molar-refractivity contribution in [1.29, 1.82) is 0 Å². The molecule has 0 fully saturated rings. The van der Waals surface area contributed by atoms with Crippen LogP contribution in [0.1, 0.15) is 17.2 Å². The van der Waals surface area contributed by atoms with Gasteiger partial charge in [-0.05, 0) is 17.7 Å². The molecule has 0 spiro atoms. The molecule has 8 heteroatoms. The molecule has 0 heterocycles. The van der Waals surface area contributed by atoms with E-state index in [9.17, 15) is 22.4 Å². The summed E-state index contributed by atoms with van der Waals surface area (Å²) in [7, 11) is 1.43. The first-order valence-electron chi connectivity index (χ1n) is 5.65. The third kappa shape index (κ3) is 4.17. The summed E-state index contributed by atoms with van der Waals surface area (Å²) in [6, 6.07) is 1.17. The van der Waals surface area contributed by atoms with Crippen LogP contribution in [0.5, 0.6) is 0 Å². The number of methoxy groups -OCH3 is 1. The lowest BCUT2D eigenvalue weighted by atomic mass is 10.0. The van der Waals surface area contributed by atoms with Crippen LogP contribution < -0.4 is 11.1 Å². The number of nitrogens with two attached hydrogens (primary N) is 1. The van der Waals surface area contributed by atoms with Gasteiger partial charge in [0.25, 0.3) is 0 Å². The first-order chi connectivity index (χ1) is 9.27. The van der Waals surface area contributed by atoms with Crippen molar-refractivity contribution in [3.8, 4) is 0 Å². The van der Waals surface area contributed by atoms with Crippen LogP contribution in [0.3, 0.4) is 0 Å². The number of hydrogen-bond donors (Lipinski definition) is 2. The van der Waals surface area contributed by atoms with Gasteiger partial charge >= 0.3 is 6.18 Å². The molecule has 1 unspecified atom stereocenters. The van der Waals surface area contributed by atoms with Crippen molar-refractivity contribution in [3.63, 3.8) is 0 Å². The Bertz CT molecular complexity index is 477. The Kier molecular flexibility index (Phi) is 5.46. The van der Waals surface area contributed by atoms with Crippen molar-refractivity contribution >= 4 is 5.91 Å². The average molecular weight is 294 g/mol. The molecule has 1 aromatic rings. The van der Waals surface area contributed by atoms with Crippen molar-refractivity contribution in [2.75, 3.05) is 20.3 Å². The number of halogens is 4. The van der Waals surface area contributed by atoms with Crippen LogP contribution in [0.4, 0.5) is 17.6 Å². The maximum atomic E-state index is 13.2. The number of alkyl halides is 3. The van der Waals surface area contributed by atoms with E-state index >= 15 is 0 Å². The monoisotopic (exact) mass is 294 g/mol. The van der Waals surface area contributed by atoms with E-state index in [4.69, 9.17) is 10.5 Å². The number of carbonyl (C=O) groups is 1. The summed E-state index contributed by atoms with van der Waals surface area (Å²) in [5, 5.41) is 2.65. The molecule has 3 N–H and O–H groups in total. The van der Waals surface area contributed by atoms with Crippen LogP contribution >= 0.6 is 0 Å². The number of amides is 1. The summed E-state index contributed by atoms with van der Waals surface area (Å²) in [6.45, 7) is 0.458. The third-order valence-electron chi connectivity index (χ3n) is 2.57. The van der Waals surface area contributed by atoms with E-state index in [1.54, 1.807) is 0 Å². The molecule has 0 aliphatic heterocycles. The summed E-state index contributed by atoms with van der Waals surface area (Å²) in [6.07, 6.45) is -4.84. The van der Waals surface area contributed by atoms with Gasteiger partial charge in [-0.15, -0.1) is 0 Å². The Hall–Kier alpha value is -1.67. The van der Waals surface area contributed by atoms with Crippen molar-refractivity contribution in [2.24, 2.45) is 5.73 Å². The summed E-state index contributed by atoms with van der Waals surface area (Å²) in [5.74, 6) is -2.26. The normalized spacial score (nSPS) is 13.2. The number of ether oxygens (including phenoxy) is 1. The molecular formula is C12H14F4N2O2. The van der Waals surface area contributed by atoms with Gasteiger partial charge in [-0.3, -0.25) is 10.1 Å². The van der Waals surface area contributed by atoms with Gasteiger partial charge in [0.05, 0.1) is 12.2 Å². The molecule has 1 aromatic carbocycles. The predicted molar refractivity (Wildman–Crippen MR) is 63.2 cm³/mol. The lowest BCUT2D eigenvalue weighted by molar-refractivity contribution is -0.140. The minimum Gasteiger partial charge on any atom is -0.383 e. The van der Waals surface area contributed by atoms with Crippen molar-refractivity contribution in [1.82, 2.24) is 5.32 Å². The molecule has 4 nitrogen and oxygen atoms in total. The van der Waals surface area contributed by atoms with Crippen LogP contribution in [-0.2, 0) is 15.7 Å². The van der Waals surface area contributed by atoms with Crippen LogP contribution in [0.25, 0.3) is 0 Å². The van der Waals surface area contributed by atoms with Gasteiger partial charge in [0.2, 0.25) is 5.91 Å². The highest BCUT2D eigenvalue weighted by Gasteiger charge is 2.35. The van der Waals surface area contributed by atoms with E-state index in [-0.39, 0.29) is 18.7 Å². The fraction of sp³-hybridized carbons (Fsp3) is 0.417. The molecular weight excluding hydrogens is 280 g/mol. The number of nitrogens with one attached hydrogen (secondary N) is 1. The quantitative estimate of drug-likeness (QED) is 0.619. The Morgan fingerprint density at radius 1 is 1.45 bits per heavy atom. The van der Waals surface area contributed by atoms with Crippen LogP contribution in [-0.4, -0.2) is 26.2 Å². The van der Waals surface area contributed by atoms with E-state index < -0.39 is 29.5 Å². The van der Waals surface area contributed by atoms with E-state index in [2.05, 4.69) is 5.32 Å². The van der Waals surface area contributed by atoms with Gasteiger partial charge in [-0.2, -0.15) is 13.2 Å².